The molecular weight excluding hydrogens is 295 g/mol. The van der Waals surface area contributed by atoms with Crippen LogP contribution >= 0.6 is 11.6 Å². The highest BCUT2D eigenvalue weighted by molar-refractivity contribution is 7.89. The molecule has 0 unspecified atom stereocenters. The molecule has 5 nitrogen and oxygen atoms in total. The van der Waals surface area contributed by atoms with Crippen LogP contribution in [0, 0.1) is 5.82 Å². The first-order chi connectivity index (χ1) is 8.90. The van der Waals surface area contributed by atoms with Gasteiger partial charge in [-0.1, -0.05) is 16.8 Å². The SMILES string of the molecule is C[C@H](NS(=O)(=O)c1cc(F)ccc1Cl)c1ccon1. The van der Waals surface area contributed by atoms with E-state index in [-0.39, 0.29) is 9.92 Å². The molecule has 0 amide bonds. The molecular formula is C11H10ClFN2O3S. The molecule has 0 saturated heterocycles. The van der Waals surface area contributed by atoms with Crippen molar-refractivity contribution in [1.82, 2.24) is 9.88 Å². The molecule has 1 aromatic heterocycles. The van der Waals surface area contributed by atoms with E-state index in [1.807, 2.05) is 0 Å². The summed E-state index contributed by atoms with van der Waals surface area (Å²) in [5, 5.41) is 3.57. The number of sulfonamides is 1. The minimum Gasteiger partial charge on any atom is -0.364 e. The number of hydrogen-bond acceptors (Lipinski definition) is 4. The quantitative estimate of drug-likeness (QED) is 0.942. The van der Waals surface area contributed by atoms with Crippen molar-refractivity contribution in [3.8, 4) is 0 Å². The van der Waals surface area contributed by atoms with Gasteiger partial charge in [0, 0.05) is 6.07 Å². The number of halogens is 2. The number of aromatic nitrogens is 1. The first-order valence-electron chi connectivity index (χ1n) is 5.28. The maximum atomic E-state index is 13.1. The van der Waals surface area contributed by atoms with E-state index >= 15 is 0 Å². The molecule has 1 aromatic carbocycles. The summed E-state index contributed by atoms with van der Waals surface area (Å²) in [6.45, 7) is 1.59. The number of rotatable bonds is 4. The van der Waals surface area contributed by atoms with Crippen LogP contribution in [0.15, 0.2) is 39.9 Å². The van der Waals surface area contributed by atoms with Crippen LogP contribution in [0.25, 0.3) is 0 Å². The Bertz CT molecular complexity index is 673. The van der Waals surface area contributed by atoms with Crippen LogP contribution in [-0.4, -0.2) is 13.6 Å². The molecule has 1 atom stereocenters. The standard InChI is InChI=1S/C11H10ClFN2O3S/c1-7(10-4-5-18-14-10)15-19(16,17)11-6-8(13)2-3-9(11)12/h2-7,15H,1H3/t7-/m0/s1. The molecule has 0 fully saturated rings. The highest BCUT2D eigenvalue weighted by Crippen LogP contribution is 2.23. The van der Waals surface area contributed by atoms with Gasteiger partial charge >= 0.3 is 0 Å². The Morgan fingerprint density at radius 1 is 1.42 bits per heavy atom. The Labute approximate surface area is 114 Å². The fourth-order valence-corrected chi connectivity index (χ4v) is 3.21. The third kappa shape index (κ3) is 3.12. The monoisotopic (exact) mass is 304 g/mol. The van der Waals surface area contributed by atoms with Crippen LogP contribution in [0.4, 0.5) is 4.39 Å². The topological polar surface area (TPSA) is 72.2 Å². The number of hydrogen-bond donors (Lipinski definition) is 1. The molecule has 2 aromatic rings. The molecule has 0 aliphatic heterocycles. The minimum absolute atomic E-state index is 0.0544. The Balaban J connectivity index is 2.30. The molecule has 1 N–H and O–H groups in total. The van der Waals surface area contributed by atoms with Crippen LogP contribution in [0.3, 0.4) is 0 Å². The molecule has 8 heteroatoms. The average molecular weight is 305 g/mol. The fourth-order valence-electron chi connectivity index (χ4n) is 1.48. The van der Waals surface area contributed by atoms with Crippen molar-refractivity contribution in [2.24, 2.45) is 0 Å². The second kappa shape index (κ2) is 5.28. The van der Waals surface area contributed by atoms with E-state index in [0.29, 0.717) is 5.69 Å². The van der Waals surface area contributed by atoms with Crippen molar-refractivity contribution < 1.29 is 17.3 Å². The van der Waals surface area contributed by atoms with Gasteiger partial charge < -0.3 is 4.52 Å². The van der Waals surface area contributed by atoms with Gasteiger partial charge in [-0.15, -0.1) is 0 Å². The second-order valence-electron chi connectivity index (χ2n) is 3.84. The molecule has 0 bridgehead atoms. The maximum absolute atomic E-state index is 13.1. The van der Waals surface area contributed by atoms with E-state index < -0.39 is 21.9 Å². The van der Waals surface area contributed by atoms with Crippen molar-refractivity contribution in [1.29, 1.82) is 0 Å². The van der Waals surface area contributed by atoms with Gasteiger partial charge in [-0.05, 0) is 25.1 Å². The lowest BCUT2D eigenvalue weighted by atomic mass is 10.3. The second-order valence-corrected chi connectivity index (χ2v) is 5.93. The summed E-state index contributed by atoms with van der Waals surface area (Å²) in [6, 6.07) is 4.04. The van der Waals surface area contributed by atoms with Crippen molar-refractivity contribution in [2.45, 2.75) is 17.9 Å². The van der Waals surface area contributed by atoms with Crippen molar-refractivity contribution in [3.05, 3.63) is 47.1 Å². The Kier molecular flexibility index (Phi) is 3.88. The molecule has 1 heterocycles. The normalized spacial score (nSPS) is 13.4. The number of benzene rings is 1. The summed E-state index contributed by atoms with van der Waals surface area (Å²) < 4.78 is 44.3. The molecule has 0 aliphatic rings. The zero-order chi connectivity index (χ0) is 14.0. The lowest BCUT2D eigenvalue weighted by Gasteiger charge is -2.12. The highest BCUT2D eigenvalue weighted by atomic mass is 35.5. The van der Waals surface area contributed by atoms with Gasteiger partial charge in [0.25, 0.3) is 0 Å². The number of nitrogens with zero attached hydrogens (tertiary/aromatic N) is 1. The predicted octanol–water partition coefficient (Wildman–Crippen LogP) is 2.51. The Morgan fingerprint density at radius 3 is 2.79 bits per heavy atom. The van der Waals surface area contributed by atoms with Crippen LogP contribution < -0.4 is 4.72 Å². The molecule has 102 valence electrons. The van der Waals surface area contributed by atoms with Crippen LogP contribution in [-0.2, 0) is 10.0 Å². The minimum atomic E-state index is -3.94. The Hall–Kier alpha value is -1.44. The zero-order valence-corrected chi connectivity index (χ0v) is 11.4. The lowest BCUT2D eigenvalue weighted by molar-refractivity contribution is 0.404. The zero-order valence-electron chi connectivity index (χ0n) is 9.80. The summed E-state index contributed by atoms with van der Waals surface area (Å²) in [5.74, 6) is -0.682. The number of nitrogens with one attached hydrogen (secondary N) is 1. The van der Waals surface area contributed by atoms with Gasteiger partial charge in [-0.2, -0.15) is 0 Å². The van der Waals surface area contributed by atoms with Crippen molar-refractivity contribution in [2.75, 3.05) is 0 Å². The van der Waals surface area contributed by atoms with Gasteiger partial charge in [0.1, 0.15) is 22.7 Å². The Morgan fingerprint density at radius 2 is 2.16 bits per heavy atom. The smallest absolute Gasteiger partial charge is 0.242 e. The molecule has 0 spiro atoms. The first-order valence-corrected chi connectivity index (χ1v) is 7.14. The van der Waals surface area contributed by atoms with E-state index in [9.17, 15) is 12.8 Å². The van der Waals surface area contributed by atoms with Crippen molar-refractivity contribution in [3.63, 3.8) is 0 Å². The van der Waals surface area contributed by atoms with E-state index in [1.54, 1.807) is 6.92 Å². The van der Waals surface area contributed by atoms with E-state index in [1.165, 1.54) is 18.4 Å². The summed E-state index contributed by atoms with van der Waals surface area (Å²) in [7, 11) is -3.94. The average Bonchev–Trinajstić information content (AvgIpc) is 2.85. The largest absolute Gasteiger partial charge is 0.364 e. The predicted molar refractivity (Wildman–Crippen MR) is 66.6 cm³/mol. The fraction of sp³-hybridized carbons (Fsp3) is 0.182. The lowest BCUT2D eigenvalue weighted by Crippen LogP contribution is -2.27. The maximum Gasteiger partial charge on any atom is 0.242 e. The van der Waals surface area contributed by atoms with Gasteiger partial charge in [0.15, 0.2) is 0 Å². The van der Waals surface area contributed by atoms with Crippen LogP contribution in [0.5, 0.6) is 0 Å². The molecule has 0 aliphatic carbocycles. The van der Waals surface area contributed by atoms with Gasteiger partial charge in [0.05, 0.1) is 11.1 Å². The third-order valence-electron chi connectivity index (χ3n) is 2.42. The van der Waals surface area contributed by atoms with Gasteiger partial charge in [-0.25, -0.2) is 17.5 Å². The molecule has 2 rings (SSSR count). The molecule has 19 heavy (non-hydrogen) atoms. The molecule has 0 saturated carbocycles. The summed E-state index contributed by atoms with van der Waals surface area (Å²) in [5.41, 5.74) is 0.413. The first kappa shape index (κ1) is 14.0. The van der Waals surface area contributed by atoms with E-state index in [2.05, 4.69) is 14.4 Å². The molecule has 0 radical (unpaired) electrons. The van der Waals surface area contributed by atoms with Gasteiger partial charge in [-0.3, -0.25) is 0 Å². The highest BCUT2D eigenvalue weighted by Gasteiger charge is 2.22. The van der Waals surface area contributed by atoms with Crippen LogP contribution in [0.2, 0.25) is 5.02 Å². The van der Waals surface area contributed by atoms with Crippen molar-refractivity contribution >= 4 is 21.6 Å². The summed E-state index contributed by atoms with van der Waals surface area (Å²) in [6.07, 6.45) is 1.33. The van der Waals surface area contributed by atoms with E-state index in [4.69, 9.17) is 11.6 Å². The van der Waals surface area contributed by atoms with E-state index in [0.717, 1.165) is 12.1 Å². The summed E-state index contributed by atoms with van der Waals surface area (Å²) in [4.78, 5) is -0.315. The third-order valence-corrected chi connectivity index (χ3v) is 4.44. The van der Waals surface area contributed by atoms with Gasteiger partial charge in [0.2, 0.25) is 10.0 Å². The van der Waals surface area contributed by atoms with Crippen LogP contribution in [0.1, 0.15) is 18.7 Å². The summed E-state index contributed by atoms with van der Waals surface area (Å²) >= 11 is 5.77.